The molecule has 6 nitrogen and oxygen atoms in total. The maximum absolute atomic E-state index is 12.6. The second-order valence-electron chi connectivity index (χ2n) is 7.25. The number of carbonyl (C=O) groups excluding carboxylic acids is 2. The lowest BCUT2D eigenvalue weighted by molar-refractivity contribution is 0.0175. The van der Waals surface area contributed by atoms with Crippen LogP contribution in [0, 0.1) is 18.8 Å². The molecule has 3 rings (SSSR count). The smallest absolute Gasteiger partial charge is 0.337 e. The zero-order valence-corrected chi connectivity index (χ0v) is 15.6. The summed E-state index contributed by atoms with van der Waals surface area (Å²) >= 11 is 0. The standard InChI is InChI=1S/C20H28N2O4/c1-14-5-6-16(19(23)25-2)12-18(14)21-20(24)22-9-7-15(8-10-22)17-4-3-11-26-13-17/h5-6,12,15,17H,3-4,7-11,13H2,1-2H3,(H,21,24). The molecule has 1 aromatic rings. The number of urea groups is 1. The van der Waals surface area contributed by atoms with Crippen LogP contribution in [0.1, 0.15) is 41.6 Å². The highest BCUT2D eigenvalue weighted by molar-refractivity contribution is 5.94. The van der Waals surface area contributed by atoms with Crippen molar-refractivity contribution < 1.29 is 19.1 Å². The molecule has 2 fully saturated rings. The average Bonchev–Trinajstić information content (AvgIpc) is 2.69. The number of hydrogen-bond donors (Lipinski definition) is 1. The van der Waals surface area contributed by atoms with Crippen LogP contribution >= 0.6 is 0 Å². The predicted octanol–water partition coefficient (Wildman–Crippen LogP) is 3.45. The van der Waals surface area contributed by atoms with Crippen molar-refractivity contribution in [2.24, 2.45) is 11.8 Å². The number of carbonyl (C=O) groups is 2. The molecule has 6 heteroatoms. The van der Waals surface area contributed by atoms with Gasteiger partial charge in [0.25, 0.3) is 0 Å². The summed E-state index contributed by atoms with van der Waals surface area (Å²) in [6.45, 7) is 5.20. The normalized spacial score (nSPS) is 21.3. The van der Waals surface area contributed by atoms with Crippen LogP contribution in [0.5, 0.6) is 0 Å². The van der Waals surface area contributed by atoms with E-state index >= 15 is 0 Å². The molecule has 0 saturated carbocycles. The monoisotopic (exact) mass is 360 g/mol. The SMILES string of the molecule is COC(=O)c1ccc(C)c(NC(=O)N2CCC(C3CCCOC3)CC2)c1. The van der Waals surface area contributed by atoms with E-state index in [1.807, 2.05) is 17.9 Å². The summed E-state index contributed by atoms with van der Waals surface area (Å²) in [6.07, 6.45) is 4.46. The number of nitrogens with one attached hydrogen (secondary N) is 1. The highest BCUT2D eigenvalue weighted by atomic mass is 16.5. The molecule has 2 saturated heterocycles. The third-order valence-electron chi connectivity index (χ3n) is 5.59. The number of amides is 2. The van der Waals surface area contributed by atoms with Crippen molar-refractivity contribution in [1.29, 1.82) is 0 Å². The zero-order chi connectivity index (χ0) is 18.5. The Morgan fingerprint density at radius 1 is 1.19 bits per heavy atom. The maximum Gasteiger partial charge on any atom is 0.337 e. The molecule has 1 atom stereocenters. The van der Waals surface area contributed by atoms with Crippen molar-refractivity contribution >= 4 is 17.7 Å². The molecule has 2 aliphatic heterocycles. The maximum atomic E-state index is 12.6. The van der Waals surface area contributed by atoms with Crippen LogP contribution in [0.25, 0.3) is 0 Å². The average molecular weight is 360 g/mol. The summed E-state index contributed by atoms with van der Waals surface area (Å²) in [7, 11) is 1.35. The Balaban J connectivity index is 1.56. The van der Waals surface area contributed by atoms with Crippen molar-refractivity contribution in [1.82, 2.24) is 4.90 Å². The lowest BCUT2D eigenvalue weighted by Crippen LogP contribution is -2.43. The second-order valence-corrected chi connectivity index (χ2v) is 7.25. The summed E-state index contributed by atoms with van der Waals surface area (Å²) in [5.74, 6) is 0.896. The van der Waals surface area contributed by atoms with E-state index in [-0.39, 0.29) is 6.03 Å². The molecule has 2 heterocycles. The molecule has 0 radical (unpaired) electrons. The fourth-order valence-electron chi connectivity index (χ4n) is 3.91. The molecule has 0 aromatic heterocycles. The third kappa shape index (κ3) is 4.36. The van der Waals surface area contributed by atoms with Crippen molar-refractivity contribution in [3.63, 3.8) is 0 Å². The highest BCUT2D eigenvalue weighted by Gasteiger charge is 2.29. The quantitative estimate of drug-likeness (QED) is 0.839. The lowest BCUT2D eigenvalue weighted by Gasteiger charge is -2.37. The van der Waals surface area contributed by atoms with Crippen molar-refractivity contribution in [2.45, 2.75) is 32.6 Å². The highest BCUT2D eigenvalue weighted by Crippen LogP contribution is 2.31. The fraction of sp³-hybridized carbons (Fsp3) is 0.600. The third-order valence-corrected chi connectivity index (χ3v) is 5.59. The van der Waals surface area contributed by atoms with Crippen LogP contribution in [0.15, 0.2) is 18.2 Å². The first kappa shape index (κ1) is 18.7. The number of rotatable bonds is 3. The molecule has 1 unspecified atom stereocenters. The number of benzene rings is 1. The van der Waals surface area contributed by atoms with Crippen LogP contribution < -0.4 is 5.32 Å². The van der Waals surface area contributed by atoms with Gasteiger partial charge in [-0.2, -0.15) is 0 Å². The Hall–Kier alpha value is -2.08. The molecule has 2 aliphatic rings. The summed E-state index contributed by atoms with van der Waals surface area (Å²) in [5.41, 5.74) is 2.00. The fourth-order valence-corrected chi connectivity index (χ4v) is 3.91. The molecule has 142 valence electrons. The minimum Gasteiger partial charge on any atom is -0.465 e. The van der Waals surface area contributed by atoms with E-state index in [2.05, 4.69) is 5.32 Å². The second kappa shape index (κ2) is 8.54. The molecule has 26 heavy (non-hydrogen) atoms. The van der Waals surface area contributed by atoms with Crippen molar-refractivity contribution in [3.8, 4) is 0 Å². The van der Waals surface area contributed by atoms with Crippen LogP contribution in [0.3, 0.4) is 0 Å². The molecular formula is C20H28N2O4. The van der Waals surface area contributed by atoms with Gasteiger partial charge in [-0.1, -0.05) is 6.07 Å². The predicted molar refractivity (Wildman–Crippen MR) is 99.4 cm³/mol. The van der Waals surface area contributed by atoms with Crippen LogP contribution in [-0.2, 0) is 9.47 Å². The Kier molecular flexibility index (Phi) is 6.14. The number of anilines is 1. The number of hydrogen-bond acceptors (Lipinski definition) is 4. The van der Waals surface area contributed by atoms with E-state index in [4.69, 9.17) is 9.47 Å². The number of nitrogens with zero attached hydrogens (tertiary/aromatic N) is 1. The van der Waals surface area contributed by atoms with Crippen molar-refractivity contribution in [2.75, 3.05) is 38.7 Å². The number of likely N-dealkylation sites (tertiary alicyclic amines) is 1. The minimum absolute atomic E-state index is 0.103. The van der Waals surface area contributed by atoms with E-state index in [0.717, 1.165) is 51.1 Å². The Labute approximate surface area is 154 Å². The van der Waals surface area contributed by atoms with E-state index < -0.39 is 5.97 Å². The first-order chi connectivity index (χ1) is 12.6. The van der Waals surface area contributed by atoms with E-state index in [9.17, 15) is 9.59 Å². The zero-order valence-electron chi connectivity index (χ0n) is 15.6. The van der Waals surface area contributed by atoms with Gasteiger partial charge in [0.05, 0.1) is 12.7 Å². The Morgan fingerprint density at radius 2 is 1.96 bits per heavy atom. The Bertz CT molecular complexity index is 647. The molecule has 1 N–H and O–H groups in total. The van der Waals surface area contributed by atoms with Gasteiger partial charge in [0, 0.05) is 32.0 Å². The summed E-state index contributed by atoms with van der Waals surface area (Å²) in [5, 5.41) is 2.95. The summed E-state index contributed by atoms with van der Waals surface area (Å²) in [6, 6.07) is 5.09. The molecule has 2 amide bonds. The number of methoxy groups -OCH3 is 1. The van der Waals surface area contributed by atoms with Crippen LogP contribution in [-0.4, -0.2) is 50.3 Å². The number of esters is 1. The topological polar surface area (TPSA) is 67.9 Å². The minimum atomic E-state index is -0.406. The van der Waals surface area contributed by atoms with E-state index in [0.29, 0.717) is 23.1 Å². The van der Waals surface area contributed by atoms with Gasteiger partial charge in [-0.05, 0) is 62.1 Å². The summed E-state index contributed by atoms with van der Waals surface area (Å²) < 4.78 is 10.4. The first-order valence-electron chi connectivity index (χ1n) is 9.41. The molecule has 0 aliphatic carbocycles. The molecule has 0 bridgehead atoms. The largest absolute Gasteiger partial charge is 0.465 e. The van der Waals surface area contributed by atoms with Gasteiger partial charge in [0.15, 0.2) is 0 Å². The van der Waals surface area contributed by atoms with E-state index in [1.54, 1.807) is 12.1 Å². The van der Waals surface area contributed by atoms with Gasteiger partial charge in [-0.3, -0.25) is 0 Å². The van der Waals surface area contributed by atoms with Crippen LogP contribution in [0.4, 0.5) is 10.5 Å². The Morgan fingerprint density at radius 3 is 2.62 bits per heavy atom. The van der Waals surface area contributed by atoms with Crippen LogP contribution in [0.2, 0.25) is 0 Å². The van der Waals surface area contributed by atoms with Crippen molar-refractivity contribution in [3.05, 3.63) is 29.3 Å². The van der Waals surface area contributed by atoms with Gasteiger partial charge in [0.2, 0.25) is 0 Å². The van der Waals surface area contributed by atoms with Gasteiger partial charge >= 0.3 is 12.0 Å². The lowest BCUT2D eigenvalue weighted by atomic mass is 9.81. The number of ether oxygens (including phenoxy) is 2. The first-order valence-corrected chi connectivity index (χ1v) is 9.41. The number of aryl methyl sites for hydroxylation is 1. The molecule has 1 aromatic carbocycles. The van der Waals surface area contributed by atoms with Gasteiger partial charge in [0.1, 0.15) is 0 Å². The number of piperidine rings is 1. The van der Waals surface area contributed by atoms with E-state index in [1.165, 1.54) is 13.5 Å². The molecule has 0 spiro atoms. The van der Waals surface area contributed by atoms with Gasteiger partial charge in [-0.25, -0.2) is 9.59 Å². The van der Waals surface area contributed by atoms with Gasteiger partial charge in [-0.15, -0.1) is 0 Å². The summed E-state index contributed by atoms with van der Waals surface area (Å²) in [4.78, 5) is 26.2. The van der Waals surface area contributed by atoms with Gasteiger partial charge < -0.3 is 19.7 Å². The molecular weight excluding hydrogens is 332 g/mol.